The first-order valence-corrected chi connectivity index (χ1v) is 7.97. The van der Waals surface area contributed by atoms with E-state index in [1.165, 1.54) is 0 Å². The Kier molecular flexibility index (Phi) is 6.31. The Morgan fingerprint density at radius 1 is 1.31 bits per heavy atom. The van der Waals surface area contributed by atoms with Crippen LogP contribution in [0, 0.1) is 5.92 Å². The molecule has 1 heterocycles. The summed E-state index contributed by atoms with van der Waals surface area (Å²) in [6.45, 7) is 4.72. The molecule has 1 rings (SSSR count). The van der Waals surface area contributed by atoms with Gasteiger partial charge in [0.25, 0.3) is 0 Å². The molecule has 0 saturated carbocycles. The summed E-state index contributed by atoms with van der Waals surface area (Å²) in [7, 11) is -3.02. The molecule has 0 aromatic heterocycles. The van der Waals surface area contributed by atoms with E-state index in [0.29, 0.717) is 18.2 Å². The van der Waals surface area contributed by atoms with Gasteiger partial charge in [0.05, 0.1) is 5.75 Å². The van der Waals surface area contributed by atoms with Gasteiger partial charge >= 0.3 is 0 Å². The predicted molar refractivity (Wildman–Crippen MR) is 66.9 cm³/mol. The summed E-state index contributed by atoms with van der Waals surface area (Å²) in [6, 6.07) is 0. The normalized spacial score (nSPS) is 18.8. The standard InChI is InChI=1S/C11H24N2O2S/c1-2-3-7-13-16(14,15)10-6-11-4-8-12-9-5-11/h11-13H,2-10H2,1H3. The van der Waals surface area contributed by atoms with E-state index in [1.807, 2.05) is 0 Å². The lowest BCUT2D eigenvalue weighted by atomic mass is 9.96. The Bertz CT molecular complexity index is 272. The fraction of sp³-hybridized carbons (Fsp3) is 1.00. The molecule has 0 unspecified atom stereocenters. The molecule has 0 amide bonds. The van der Waals surface area contributed by atoms with E-state index in [4.69, 9.17) is 0 Å². The lowest BCUT2D eigenvalue weighted by Gasteiger charge is -2.22. The maximum Gasteiger partial charge on any atom is 0.211 e. The fourth-order valence-corrected chi connectivity index (χ4v) is 3.21. The van der Waals surface area contributed by atoms with Crippen LogP contribution >= 0.6 is 0 Å². The van der Waals surface area contributed by atoms with Gasteiger partial charge in [-0.05, 0) is 44.7 Å². The van der Waals surface area contributed by atoms with E-state index in [-0.39, 0.29) is 0 Å². The van der Waals surface area contributed by atoms with Crippen molar-refractivity contribution in [2.24, 2.45) is 5.92 Å². The zero-order valence-corrected chi connectivity index (χ0v) is 11.0. The average Bonchev–Trinajstić information content (AvgIpc) is 2.28. The largest absolute Gasteiger partial charge is 0.317 e. The van der Waals surface area contributed by atoms with Gasteiger partial charge in [0.2, 0.25) is 10.0 Å². The molecule has 0 aromatic rings. The van der Waals surface area contributed by atoms with Gasteiger partial charge in [0.1, 0.15) is 0 Å². The smallest absolute Gasteiger partial charge is 0.211 e. The third-order valence-corrected chi connectivity index (χ3v) is 4.52. The molecule has 1 fully saturated rings. The van der Waals surface area contributed by atoms with Gasteiger partial charge in [0, 0.05) is 6.54 Å². The van der Waals surface area contributed by atoms with Crippen molar-refractivity contribution in [1.82, 2.24) is 10.0 Å². The molecule has 0 spiro atoms. The highest BCUT2D eigenvalue weighted by Crippen LogP contribution is 2.16. The Labute approximate surface area is 99.2 Å². The van der Waals surface area contributed by atoms with Crippen LogP contribution in [0.4, 0.5) is 0 Å². The molecule has 1 aliphatic heterocycles. The fourth-order valence-electron chi connectivity index (χ4n) is 1.97. The highest BCUT2D eigenvalue weighted by molar-refractivity contribution is 7.89. The molecule has 2 N–H and O–H groups in total. The van der Waals surface area contributed by atoms with Gasteiger partial charge in [-0.25, -0.2) is 13.1 Å². The quantitative estimate of drug-likeness (QED) is 0.663. The SMILES string of the molecule is CCCCNS(=O)(=O)CCC1CCNCC1. The summed E-state index contributed by atoms with van der Waals surface area (Å²) in [4.78, 5) is 0. The lowest BCUT2D eigenvalue weighted by Crippen LogP contribution is -2.31. The minimum Gasteiger partial charge on any atom is -0.317 e. The summed E-state index contributed by atoms with van der Waals surface area (Å²) in [5.74, 6) is 0.880. The summed E-state index contributed by atoms with van der Waals surface area (Å²) < 4.78 is 25.9. The molecule has 96 valence electrons. The van der Waals surface area contributed by atoms with Gasteiger partial charge in [-0.1, -0.05) is 13.3 Å². The number of unbranched alkanes of at least 4 members (excludes halogenated alkanes) is 1. The van der Waals surface area contributed by atoms with Crippen molar-refractivity contribution in [2.75, 3.05) is 25.4 Å². The summed E-state index contributed by atoms with van der Waals surface area (Å²) >= 11 is 0. The van der Waals surface area contributed by atoms with Crippen LogP contribution in [0.2, 0.25) is 0 Å². The average molecular weight is 248 g/mol. The topological polar surface area (TPSA) is 58.2 Å². The molecule has 0 aromatic carbocycles. The van der Waals surface area contributed by atoms with Gasteiger partial charge in [-0.15, -0.1) is 0 Å². The molecule has 0 atom stereocenters. The van der Waals surface area contributed by atoms with Crippen LogP contribution in [0.25, 0.3) is 0 Å². The van der Waals surface area contributed by atoms with Crippen molar-refractivity contribution in [1.29, 1.82) is 0 Å². The number of sulfonamides is 1. The molecule has 0 aliphatic carbocycles. The molecular weight excluding hydrogens is 224 g/mol. The van der Waals surface area contributed by atoms with Crippen molar-refractivity contribution in [2.45, 2.75) is 39.0 Å². The van der Waals surface area contributed by atoms with Crippen LogP contribution in [0.3, 0.4) is 0 Å². The molecule has 1 aliphatic rings. The van der Waals surface area contributed by atoms with Crippen LogP contribution in [-0.4, -0.2) is 33.8 Å². The van der Waals surface area contributed by atoms with Gasteiger partial charge in [-0.3, -0.25) is 0 Å². The summed E-state index contributed by atoms with van der Waals surface area (Å²) in [5, 5.41) is 3.29. The second-order valence-corrected chi connectivity index (χ2v) is 6.48. The van der Waals surface area contributed by atoms with E-state index >= 15 is 0 Å². The van der Waals surface area contributed by atoms with E-state index in [0.717, 1.165) is 45.2 Å². The zero-order chi connectivity index (χ0) is 11.9. The monoisotopic (exact) mass is 248 g/mol. The lowest BCUT2D eigenvalue weighted by molar-refractivity contribution is 0.365. The highest BCUT2D eigenvalue weighted by atomic mass is 32.2. The molecule has 1 saturated heterocycles. The number of nitrogens with one attached hydrogen (secondary N) is 2. The third-order valence-electron chi connectivity index (χ3n) is 3.11. The van der Waals surface area contributed by atoms with Crippen LogP contribution in [0.15, 0.2) is 0 Å². The predicted octanol–water partition coefficient (Wildman–Crippen LogP) is 1.10. The molecule has 5 heteroatoms. The van der Waals surface area contributed by atoms with Crippen molar-refractivity contribution < 1.29 is 8.42 Å². The van der Waals surface area contributed by atoms with E-state index in [9.17, 15) is 8.42 Å². The van der Waals surface area contributed by atoms with E-state index < -0.39 is 10.0 Å². The highest BCUT2D eigenvalue weighted by Gasteiger charge is 2.17. The molecule has 16 heavy (non-hydrogen) atoms. The molecular formula is C11H24N2O2S. The van der Waals surface area contributed by atoms with Crippen molar-refractivity contribution >= 4 is 10.0 Å². The third kappa shape index (κ3) is 5.82. The van der Waals surface area contributed by atoms with Crippen LogP contribution in [0.5, 0.6) is 0 Å². The Morgan fingerprint density at radius 2 is 2.00 bits per heavy atom. The maximum absolute atomic E-state index is 11.6. The Morgan fingerprint density at radius 3 is 2.62 bits per heavy atom. The number of piperidine rings is 1. The number of hydrogen-bond donors (Lipinski definition) is 2. The van der Waals surface area contributed by atoms with Crippen molar-refractivity contribution in [3.8, 4) is 0 Å². The first kappa shape index (κ1) is 13.9. The minimum atomic E-state index is -3.02. The number of hydrogen-bond acceptors (Lipinski definition) is 3. The molecule has 0 bridgehead atoms. The Balaban J connectivity index is 2.18. The zero-order valence-electron chi connectivity index (χ0n) is 10.2. The molecule has 4 nitrogen and oxygen atoms in total. The maximum atomic E-state index is 11.6. The van der Waals surface area contributed by atoms with E-state index in [1.54, 1.807) is 0 Å². The van der Waals surface area contributed by atoms with E-state index in [2.05, 4.69) is 17.0 Å². The Hall–Kier alpha value is -0.130. The van der Waals surface area contributed by atoms with Gasteiger partial charge in [-0.2, -0.15) is 0 Å². The minimum absolute atomic E-state index is 0.293. The second-order valence-electron chi connectivity index (χ2n) is 4.55. The summed E-state index contributed by atoms with van der Waals surface area (Å²) in [5.41, 5.74) is 0. The van der Waals surface area contributed by atoms with Gasteiger partial charge in [0.15, 0.2) is 0 Å². The van der Waals surface area contributed by atoms with Crippen molar-refractivity contribution in [3.63, 3.8) is 0 Å². The summed E-state index contributed by atoms with van der Waals surface area (Å²) in [6.07, 6.45) is 4.99. The first-order valence-electron chi connectivity index (χ1n) is 6.32. The van der Waals surface area contributed by atoms with Crippen LogP contribution in [-0.2, 0) is 10.0 Å². The van der Waals surface area contributed by atoms with Crippen LogP contribution in [0.1, 0.15) is 39.0 Å². The molecule has 0 radical (unpaired) electrons. The van der Waals surface area contributed by atoms with Crippen LogP contribution < -0.4 is 10.0 Å². The number of rotatable bonds is 7. The van der Waals surface area contributed by atoms with Crippen molar-refractivity contribution in [3.05, 3.63) is 0 Å². The second kappa shape index (κ2) is 7.25. The van der Waals surface area contributed by atoms with Gasteiger partial charge < -0.3 is 5.32 Å². The first-order chi connectivity index (χ1) is 7.64.